The van der Waals surface area contributed by atoms with E-state index in [2.05, 4.69) is 32.5 Å². The average Bonchev–Trinajstić information content (AvgIpc) is 3.10. The first-order valence-electron chi connectivity index (χ1n) is 9.16. The van der Waals surface area contributed by atoms with E-state index >= 15 is 0 Å². The third-order valence-electron chi connectivity index (χ3n) is 4.59. The van der Waals surface area contributed by atoms with Crippen LogP contribution in [0.15, 0.2) is 54.6 Å². The molecule has 28 heavy (non-hydrogen) atoms. The van der Waals surface area contributed by atoms with Crippen molar-refractivity contribution in [3.63, 3.8) is 0 Å². The van der Waals surface area contributed by atoms with Crippen LogP contribution < -0.4 is 10.1 Å². The van der Waals surface area contributed by atoms with Gasteiger partial charge < -0.3 is 10.1 Å². The molecule has 0 aliphatic rings. The van der Waals surface area contributed by atoms with Crippen molar-refractivity contribution in [3.05, 3.63) is 71.7 Å². The van der Waals surface area contributed by atoms with Crippen LogP contribution in [0.3, 0.4) is 0 Å². The second kappa shape index (κ2) is 7.64. The molecule has 1 atom stereocenters. The number of nitrogens with one attached hydrogen (secondary N) is 1. The first-order chi connectivity index (χ1) is 13.6. The monoisotopic (exact) mass is 374 g/mol. The summed E-state index contributed by atoms with van der Waals surface area (Å²) in [6, 6.07) is 17.9. The van der Waals surface area contributed by atoms with Gasteiger partial charge in [-0.05, 0) is 32.0 Å². The number of hydrogen-bond donors (Lipinski definition) is 1. The quantitative estimate of drug-likeness (QED) is 0.554. The molecule has 0 fully saturated rings. The van der Waals surface area contributed by atoms with Gasteiger partial charge >= 0.3 is 0 Å². The van der Waals surface area contributed by atoms with Crippen LogP contribution in [-0.4, -0.2) is 32.1 Å². The highest BCUT2D eigenvalue weighted by atomic mass is 16.5. The Balaban J connectivity index is 1.59. The summed E-state index contributed by atoms with van der Waals surface area (Å²) >= 11 is 0. The molecule has 0 radical (unpaired) electrons. The van der Waals surface area contributed by atoms with Crippen molar-refractivity contribution in [3.8, 4) is 5.75 Å². The molecule has 4 rings (SSSR count). The van der Waals surface area contributed by atoms with E-state index in [4.69, 9.17) is 4.74 Å². The molecule has 0 aliphatic heterocycles. The molecular formula is C21H22N6O. The van der Waals surface area contributed by atoms with Gasteiger partial charge in [0.25, 0.3) is 0 Å². The number of para-hydroxylation sites is 2. The van der Waals surface area contributed by atoms with Gasteiger partial charge in [-0.2, -0.15) is 0 Å². The zero-order valence-electron chi connectivity index (χ0n) is 16.1. The zero-order valence-corrected chi connectivity index (χ0v) is 16.1. The van der Waals surface area contributed by atoms with Crippen molar-refractivity contribution in [2.75, 3.05) is 12.4 Å². The fraction of sp³-hybridized carbons (Fsp3) is 0.238. The van der Waals surface area contributed by atoms with Crippen molar-refractivity contribution < 1.29 is 4.74 Å². The molecule has 2 heterocycles. The third-order valence-corrected chi connectivity index (χ3v) is 4.59. The number of anilines is 1. The number of aryl methyl sites for hydroxylation is 1. The summed E-state index contributed by atoms with van der Waals surface area (Å²) in [6.45, 7) is 4.50. The van der Waals surface area contributed by atoms with Crippen molar-refractivity contribution in [2.45, 2.75) is 26.4 Å². The summed E-state index contributed by atoms with van der Waals surface area (Å²) < 4.78 is 7.32. The molecular weight excluding hydrogens is 352 g/mol. The molecule has 0 bridgehead atoms. The predicted molar refractivity (Wildman–Crippen MR) is 108 cm³/mol. The Hall–Kier alpha value is -3.48. The smallest absolute Gasteiger partial charge is 0.130 e. The number of rotatable bonds is 6. The van der Waals surface area contributed by atoms with Crippen LogP contribution in [0.2, 0.25) is 0 Å². The van der Waals surface area contributed by atoms with E-state index in [0.717, 1.165) is 33.9 Å². The molecule has 0 spiro atoms. The van der Waals surface area contributed by atoms with Gasteiger partial charge in [0.05, 0.1) is 30.9 Å². The van der Waals surface area contributed by atoms with Crippen molar-refractivity contribution in [1.82, 2.24) is 25.0 Å². The summed E-state index contributed by atoms with van der Waals surface area (Å²) in [7, 11) is 1.68. The largest absolute Gasteiger partial charge is 0.496 e. The van der Waals surface area contributed by atoms with E-state index in [0.29, 0.717) is 12.4 Å². The molecule has 0 amide bonds. The maximum Gasteiger partial charge on any atom is 0.130 e. The Morgan fingerprint density at radius 1 is 1.07 bits per heavy atom. The number of aromatic nitrogens is 5. The topological polar surface area (TPSA) is 77.8 Å². The van der Waals surface area contributed by atoms with Gasteiger partial charge in [0.1, 0.15) is 22.9 Å². The van der Waals surface area contributed by atoms with Gasteiger partial charge in [-0.3, -0.25) is 0 Å². The molecule has 1 unspecified atom stereocenters. The molecule has 0 saturated carbocycles. The maximum absolute atomic E-state index is 5.47. The van der Waals surface area contributed by atoms with Gasteiger partial charge in [-0.15, -0.1) is 5.10 Å². The summed E-state index contributed by atoms with van der Waals surface area (Å²) in [4.78, 5) is 9.10. The van der Waals surface area contributed by atoms with Crippen LogP contribution in [0.25, 0.3) is 11.0 Å². The van der Waals surface area contributed by atoms with Crippen LogP contribution >= 0.6 is 0 Å². The number of nitrogens with zero attached hydrogens (tertiary/aromatic N) is 5. The van der Waals surface area contributed by atoms with Gasteiger partial charge in [0.15, 0.2) is 0 Å². The molecule has 4 aromatic rings. The highest BCUT2D eigenvalue weighted by molar-refractivity contribution is 5.73. The van der Waals surface area contributed by atoms with E-state index in [9.17, 15) is 0 Å². The minimum atomic E-state index is 0.0329. The fourth-order valence-corrected chi connectivity index (χ4v) is 3.30. The summed E-state index contributed by atoms with van der Waals surface area (Å²) in [5.41, 5.74) is 3.80. The lowest BCUT2D eigenvalue weighted by Gasteiger charge is -2.18. The Kier molecular flexibility index (Phi) is 4.89. The lowest BCUT2D eigenvalue weighted by molar-refractivity contribution is 0.408. The van der Waals surface area contributed by atoms with Gasteiger partial charge in [0.2, 0.25) is 0 Å². The lowest BCUT2D eigenvalue weighted by Crippen LogP contribution is -2.12. The SMILES string of the molecule is COc1ccccc1C(C)Nc1cc(Cn2nnc3ccccc32)nc(C)n1. The molecule has 1 N–H and O–H groups in total. The Bertz CT molecular complexity index is 1110. The second-order valence-electron chi connectivity index (χ2n) is 6.64. The van der Waals surface area contributed by atoms with Crippen LogP contribution in [0.1, 0.15) is 30.0 Å². The van der Waals surface area contributed by atoms with E-state index in [-0.39, 0.29) is 6.04 Å². The fourth-order valence-electron chi connectivity index (χ4n) is 3.30. The van der Waals surface area contributed by atoms with Crippen LogP contribution in [0.4, 0.5) is 5.82 Å². The average molecular weight is 374 g/mol. The van der Waals surface area contributed by atoms with Crippen molar-refractivity contribution >= 4 is 16.9 Å². The predicted octanol–water partition coefficient (Wildman–Crippen LogP) is 3.76. The van der Waals surface area contributed by atoms with E-state index < -0.39 is 0 Å². The normalized spacial score (nSPS) is 12.1. The molecule has 2 aromatic heterocycles. The van der Waals surface area contributed by atoms with Gasteiger partial charge in [0, 0.05) is 11.6 Å². The second-order valence-corrected chi connectivity index (χ2v) is 6.64. The maximum atomic E-state index is 5.47. The van der Waals surface area contributed by atoms with Crippen molar-refractivity contribution in [1.29, 1.82) is 0 Å². The van der Waals surface area contributed by atoms with Gasteiger partial charge in [-0.25, -0.2) is 14.6 Å². The standard InChI is InChI=1S/C21H22N6O/c1-14(17-8-4-7-11-20(17)28-3)22-21-12-16(23-15(2)24-21)13-27-19-10-6-5-9-18(19)25-26-27/h4-12,14H,13H2,1-3H3,(H,22,23,24). The number of ether oxygens (including phenoxy) is 1. The van der Waals surface area contributed by atoms with Crippen LogP contribution in [0, 0.1) is 6.92 Å². The Morgan fingerprint density at radius 3 is 2.71 bits per heavy atom. The number of methoxy groups -OCH3 is 1. The van der Waals surface area contributed by atoms with E-state index in [1.807, 2.05) is 66.2 Å². The van der Waals surface area contributed by atoms with E-state index in [1.165, 1.54) is 0 Å². The van der Waals surface area contributed by atoms with Gasteiger partial charge in [-0.1, -0.05) is 35.5 Å². The van der Waals surface area contributed by atoms with Crippen LogP contribution in [-0.2, 0) is 6.54 Å². The molecule has 2 aromatic carbocycles. The zero-order chi connectivity index (χ0) is 19.5. The number of hydrogen-bond acceptors (Lipinski definition) is 6. The lowest BCUT2D eigenvalue weighted by atomic mass is 10.1. The number of benzene rings is 2. The molecule has 7 nitrogen and oxygen atoms in total. The minimum Gasteiger partial charge on any atom is -0.496 e. The highest BCUT2D eigenvalue weighted by Gasteiger charge is 2.13. The van der Waals surface area contributed by atoms with Crippen molar-refractivity contribution in [2.24, 2.45) is 0 Å². The first-order valence-corrected chi connectivity index (χ1v) is 9.16. The molecule has 7 heteroatoms. The Morgan fingerprint density at radius 2 is 1.86 bits per heavy atom. The summed E-state index contributed by atoms with van der Waals surface area (Å²) in [6.07, 6.45) is 0. The summed E-state index contributed by atoms with van der Waals surface area (Å²) in [5, 5.41) is 11.9. The highest BCUT2D eigenvalue weighted by Crippen LogP contribution is 2.27. The molecule has 0 aliphatic carbocycles. The molecule has 142 valence electrons. The minimum absolute atomic E-state index is 0.0329. The first kappa shape index (κ1) is 17.9. The Labute approximate surface area is 163 Å². The van der Waals surface area contributed by atoms with Crippen LogP contribution in [0.5, 0.6) is 5.75 Å². The number of fused-ring (bicyclic) bond motifs is 1. The van der Waals surface area contributed by atoms with E-state index in [1.54, 1.807) is 7.11 Å². The molecule has 0 saturated heterocycles. The third kappa shape index (κ3) is 3.64. The summed E-state index contributed by atoms with van der Waals surface area (Å²) in [5.74, 6) is 2.32.